The molecule has 2 aliphatic heterocycles. The van der Waals surface area contributed by atoms with Crippen LogP contribution in [0.2, 0.25) is 0 Å². The van der Waals surface area contributed by atoms with Crippen molar-refractivity contribution < 1.29 is 5.11 Å². The van der Waals surface area contributed by atoms with Gasteiger partial charge in [-0.15, -0.1) is 0 Å². The smallest absolute Gasteiger partial charge is 0.0679 e. The lowest BCUT2D eigenvalue weighted by molar-refractivity contribution is 0.0998. The molecule has 17 heavy (non-hydrogen) atoms. The third-order valence-corrected chi connectivity index (χ3v) is 4.98. The summed E-state index contributed by atoms with van der Waals surface area (Å²) in [6.45, 7) is 8.32. The number of piperidine rings is 1. The predicted molar refractivity (Wildman–Crippen MR) is 69.0 cm³/mol. The molecule has 3 rings (SSSR count). The maximum absolute atomic E-state index is 9.59. The topological polar surface area (TPSA) is 26.7 Å². The molecule has 1 unspecified atom stereocenters. The van der Waals surface area contributed by atoms with Gasteiger partial charge in [0.15, 0.2) is 0 Å². The lowest BCUT2D eigenvalue weighted by atomic mass is 10.0. The molecule has 98 valence electrons. The monoisotopic (exact) mass is 238 g/mol. The molecule has 1 saturated carbocycles. The van der Waals surface area contributed by atoms with Crippen LogP contribution in [0.4, 0.5) is 0 Å². The van der Waals surface area contributed by atoms with Gasteiger partial charge < -0.3 is 10.0 Å². The predicted octanol–water partition coefficient (Wildman–Crippen LogP) is 1.32. The van der Waals surface area contributed by atoms with E-state index in [4.69, 9.17) is 0 Å². The summed E-state index contributed by atoms with van der Waals surface area (Å²) in [5.41, 5.74) is 0.663. The SMILES string of the molecule is CC1(CN2CCC(N3CCC(O)C3)CC2)CC1. The van der Waals surface area contributed by atoms with Crippen molar-refractivity contribution in [2.45, 2.75) is 51.2 Å². The molecule has 0 radical (unpaired) electrons. The van der Waals surface area contributed by atoms with Gasteiger partial charge in [0.25, 0.3) is 0 Å². The maximum atomic E-state index is 9.59. The first kappa shape index (κ1) is 11.9. The maximum Gasteiger partial charge on any atom is 0.0679 e. The molecule has 2 heterocycles. The van der Waals surface area contributed by atoms with Gasteiger partial charge >= 0.3 is 0 Å². The fourth-order valence-electron chi connectivity index (χ4n) is 3.45. The first-order valence-electron chi connectivity index (χ1n) is 7.29. The molecule has 1 atom stereocenters. The molecule has 2 saturated heterocycles. The van der Waals surface area contributed by atoms with Crippen molar-refractivity contribution in [1.29, 1.82) is 0 Å². The molecule has 0 spiro atoms. The second-order valence-corrected chi connectivity index (χ2v) is 6.76. The van der Waals surface area contributed by atoms with Gasteiger partial charge in [0.05, 0.1) is 6.10 Å². The summed E-state index contributed by atoms with van der Waals surface area (Å²) in [6, 6.07) is 0.746. The summed E-state index contributed by atoms with van der Waals surface area (Å²) in [5.74, 6) is 0. The minimum Gasteiger partial charge on any atom is -0.392 e. The zero-order valence-electron chi connectivity index (χ0n) is 11.1. The Morgan fingerprint density at radius 2 is 1.82 bits per heavy atom. The molecular weight excluding hydrogens is 212 g/mol. The van der Waals surface area contributed by atoms with E-state index in [-0.39, 0.29) is 6.10 Å². The summed E-state index contributed by atoms with van der Waals surface area (Å²) >= 11 is 0. The van der Waals surface area contributed by atoms with Crippen molar-refractivity contribution in [2.24, 2.45) is 5.41 Å². The summed E-state index contributed by atoms with van der Waals surface area (Å²) < 4.78 is 0. The fourth-order valence-corrected chi connectivity index (χ4v) is 3.45. The van der Waals surface area contributed by atoms with Crippen LogP contribution >= 0.6 is 0 Å². The van der Waals surface area contributed by atoms with Crippen molar-refractivity contribution in [1.82, 2.24) is 9.80 Å². The quantitative estimate of drug-likeness (QED) is 0.803. The number of hydrogen-bond donors (Lipinski definition) is 1. The van der Waals surface area contributed by atoms with Crippen LogP contribution in [0.15, 0.2) is 0 Å². The lowest BCUT2D eigenvalue weighted by Crippen LogP contribution is -2.45. The van der Waals surface area contributed by atoms with Gasteiger partial charge in [0.2, 0.25) is 0 Å². The van der Waals surface area contributed by atoms with Gasteiger partial charge in [-0.2, -0.15) is 0 Å². The van der Waals surface area contributed by atoms with Gasteiger partial charge in [-0.3, -0.25) is 4.90 Å². The lowest BCUT2D eigenvalue weighted by Gasteiger charge is -2.37. The van der Waals surface area contributed by atoms with Crippen LogP contribution in [0.25, 0.3) is 0 Å². The Kier molecular flexibility index (Phi) is 3.18. The molecular formula is C14H26N2O. The van der Waals surface area contributed by atoms with E-state index in [9.17, 15) is 5.11 Å². The van der Waals surface area contributed by atoms with E-state index >= 15 is 0 Å². The zero-order chi connectivity index (χ0) is 11.9. The highest BCUT2D eigenvalue weighted by Gasteiger charge is 2.39. The molecule has 3 nitrogen and oxygen atoms in total. The van der Waals surface area contributed by atoms with E-state index in [1.807, 2.05) is 0 Å². The van der Waals surface area contributed by atoms with Crippen LogP contribution in [0.1, 0.15) is 39.0 Å². The molecule has 0 aromatic heterocycles. The van der Waals surface area contributed by atoms with E-state index in [1.165, 1.54) is 45.3 Å². The van der Waals surface area contributed by atoms with Crippen LogP contribution in [-0.2, 0) is 0 Å². The van der Waals surface area contributed by atoms with Crippen molar-refractivity contribution in [2.75, 3.05) is 32.7 Å². The third kappa shape index (κ3) is 2.83. The summed E-state index contributed by atoms with van der Waals surface area (Å²) in [4.78, 5) is 5.18. The van der Waals surface area contributed by atoms with Crippen molar-refractivity contribution >= 4 is 0 Å². The molecule has 1 aliphatic carbocycles. The number of β-amino-alcohol motifs (C(OH)–C–C–N with tert-alkyl or cyclic N) is 1. The highest BCUT2D eigenvalue weighted by Crippen LogP contribution is 2.45. The van der Waals surface area contributed by atoms with Crippen LogP contribution < -0.4 is 0 Å². The summed E-state index contributed by atoms with van der Waals surface area (Å²) in [5, 5.41) is 9.59. The third-order valence-electron chi connectivity index (χ3n) is 4.98. The van der Waals surface area contributed by atoms with Gasteiger partial charge in [-0.1, -0.05) is 6.92 Å². The van der Waals surface area contributed by atoms with E-state index in [0.717, 1.165) is 25.6 Å². The van der Waals surface area contributed by atoms with Crippen LogP contribution in [0.5, 0.6) is 0 Å². The molecule has 0 bridgehead atoms. The molecule has 0 amide bonds. The number of nitrogens with zero attached hydrogens (tertiary/aromatic N) is 2. The largest absolute Gasteiger partial charge is 0.392 e. The van der Waals surface area contributed by atoms with Crippen LogP contribution in [-0.4, -0.2) is 59.8 Å². The Balaban J connectivity index is 1.44. The molecule has 0 aromatic carbocycles. The van der Waals surface area contributed by atoms with E-state index in [0.29, 0.717) is 5.41 Å². The highest BCUT2D eigenvalue weighted by molar-refractivity contribution is 4.93. The van der Waals surface area contributed by atoms with Gasteiger partial charge in [-0.05, 0) is 50.6 Å². The number of rotatable bonds is 3. The number of aliphatic hydroxyl groups excluding tert-OH is 1. The average molecular weight is 238 g/mol. The highest BCUT2D eigenvalue weighted by atomic mass is 16.3. The Hall–Kier alpha value is -0.120. The van der Waals surface area contributed by atoms with E-state index < -0.39 is 0 Å². The number of likely N-dealkylation sites (tertiary alicyclic amines) is 2. The average Bonchev–Trinajstić information content (AvgIpc) is 2.87. The minimum atomic E-state index is -0.0570. The number of hydrogen-bond acceptors (Lipinski definition) is 3. The molecule has 3 fully saturated rings. The van der Waals surface area contributed by atoms with Crippen molar-refractivity contribution in [3.05, 3.63) is 0 Å². The van der Waals surface area contributed by atoms with Gasteiger partial charge in [0, 0.05) is 25.7 Å². The first-order chi connectivity index (χ1) is 8.15. The molecule has 3 heteroatoms. The molecule has 3 aliphatic rings. The minimum absolute atomic E-state index is 0.0570. The van der Waals surface area contributed by atoms with E-state index in [2.05, 4.69) is 16.7 Å². The summed E-state index contributed by atoms with van der Waals surface area (Å²) in [7, 11) is 0. The van der Waals surface area contributed by atoms with E-state index in [1.54, 1.807) is 0 Å². The van der Waals surface area contributed by atoms with Crippen LogP contribution in [0, 0.1) is 5.41 Å². The van der Waals surface area contributed by atoms with Crippen molar-refractivity contribution in [3.63, 3.8) is 0 Å². The Morgan fingerprint density at radius 1 is 1.12 bits per heavy atom. The fraction of sp³-hybridized carbons (Fsp3) is 1.00. The Labute approximate surface area is 105 Å². The Bertz CT molecular complexity index is 269. The molecule has 1 N–H and O–H groups in total. The molecule has 0 aromatic rings. The van der Waals surface area contributed by atoms with Crippen molar-refractivity contribution in [3.8, 4) is 0 Å². The van der Waals surface area contributed by atoms with Gasteiger partial charge in [0.1, 0.15) is 0 Å². The Morgan fingerprint density at radius 3 is 2.35 bits per heavy atom. The summed E-state index contributed by atoms with van der Waals surface area (Å²) in [6.07, 6.45) is 6.42. The van der Waals surface area contributed by atoms with Gasteiger partial charge in [-0.25, -0.2) is 0 Å². The van der Waals surface area contributed by atoms with Crippen LogP contribution in [0.3, 0.4) is 0 Å². The second kappa shape index (κ2) is 4.52. The second-order valence-electron chi connectivity index (χ2n) is 6.76. The zero-order valence-corrected chi connectivity index (χ0v) is 11.1. The normalized spacial score (nSPS) is 35.3. The first-order valence-corrected chi connectivity index (χ1v) is 7.29. The standard InChI is InChI=1S/C14H26N2O/c1-14(5-6-14)11-15-7-2-12(3-8-15)16-9-4-13(17)10-16/h12-13,17H,2-11H2,1H3. The number of aliphatic hydroxyl groups is 1.